The summed E-state index contributed by atoms with van der Waals surface area (Å²) in [7, 11) is 0. The van der Waals surface area contributed by atoms with Crippen molar-refractivity contribution in [1.29, 1.82) is 0 Å². The molecule has 0 aliphatic carbocycles. The molecule has 0 unspecified atom stereocenters. The SMILES string of the molecule is CCCc1ccc(-c2ccc(-c3cc[c-]c(F)c3F)cc2)cc1.[Li+]. The first-order chi connectivity index (χ1) is 11.2. The molecule has 0 atom stereocenters. The summed E-state index contributed by atoms with van der Waals surface area (Å²) < 4.78 is 27.1. The maximum Gasteiger partial charge on any atom is 1.00 e. The van der Waals surface area contributed by atoms with Crippen LogP contribution in [0, 0.1) is 17.7 Å². The van der Waals surface area contributed by atoms with Crippen LogP contribution in [-0.2, 0) is 6.42 Å². The zero-order chi connectivity index (χ0) is 16.2. The monoisotopic (exact) mass is 314 g/mol. The summed E-state index contributed by atoms with van der Waals surface area (Å²) in [4.78, 5) is 0. The number of rotatable bonds is 4. The topological polar surface area (TPSA) is 0 Å². The molecule has 24 heavy (non-hydrogen) atoms. The Labute approximate surface area is 153 Å². The van der Waals surface area contributed by atoms with E-state index in [4.69, 9.17) is 0 Å². The zero-order valence-corrected chi connectivity index (χ0v) is 13.9. The van der Waals surface area contributed by atoms with E-state index in [1.54, 1.807) is 0 Å². The summed E-state index contributed by atoms with van der Waals surface area (Å²) in [6.07, 6.45) is 2.21. The molecule has 0 N–H and O–H groups in total. The van der Waals surface area contributed by atoms with Gasteiger partial charge in [0.15, 0.2) is 0 Å². The van der Waals surface area contributed by atoms with E-state index < -0.39 is 11.6 Å². The standard InChI is InChI=1S/C21H17F2.Li/c1-2-4-15-7-9-16(10-8-15)17-11-13-18(14-12-17)19-5-3-6-20(22)21(19)23;/h3,5,7-14H,2,4H2,1H3;/q-1;+1. The maximum absolute atomic E-state index is 13.8. The number of hydrogen-bond donors (Lipinski definition) is 0. The van der Waals surface area contributed by atoms with Gasteiger partial charge in [0.2, 0.25) is 0 Å². The molecule has 0 aromatic heterocycles. The molecule has 0 bridgehead atoms. The summed E-state index contributed by atoms with van der Waals surface area (Å²) in [5, 5.41) is 0. The van der Waals surface area contributed by atoms with E-state index in [0.717, 1.165) is 24.0 Å². The van der Waals surface area contributed by atoms with Crippen LogP contribution in [0.5, 0.6) is 0 Å². The van der Waals surface area contributed by atoms with E-state index in [0.29, 0.717) is 5.56 Å². The van der Waals surface area contributed by atoms with Gasteiger partial charge in [0.05, 0.1) is 5.82 Å². The fraction of sp³-hybridized carbons (Fsp3) is 0.143. The number of benzene rings is 3. The minimum atomic E-state index is -0.946. The summed E-state index contributed by atoms with van der Waals surface area (Å²) in [5.74, 6) is -1.80. The number of halogens is 2. The quantitative estimate of drug-likeness (QED) is 0.513. The summed E-state index contributed by atoms with van der Waals surface area (Å²) in [5.41, 5.74) is 4.41. The first-order valence-electron chi connectivity index (χ1n) is 7.74. The minimum Gasteiger partial charge on any atom is -0.281 e. The third kappa shape index (κ3) is 3.95. The van der Waals surface area contributed by atoms with Crippen molar-refractivity contribution in [1.82, 2.24) is 0 Å². The Kier molecular flexibility index (Phi) is 6.37. The molecular formula is C21H17F2Li. The van der Waals surface area contributed by atoms with E-state index in [-0.39, 0.29) is 24.4 Å². The maximum atomic E-state index is 13.8. The van der Waals surface area contributed by atoms with Gasteiger partial charge in [0, 0.05) is 5.82 Å². The van der Waals surface area contributed by atoms with Crippen LogP contribution in [-0.4, -0.2) is 0 Å². The third-order valence-corrected chi connectivity index (χ3v) is 3.91. The van der Waals surface area contributed by atoms with Gasteiger partial charge in [-0.1, -0.05) is 67.4 Å². The largest absolute Gasteiger partial charge is 1.00 e. The molecule has 116 valence electrons. The van der Waals surface area contributed by atoms with Crippen LogP contribution in [0.25, 0.3) is 22.3 Å². The second-order valence-corrected chi connectivity index (χ2v) is 5.54. The molecule has 0 aliphatic rings. The molecule has 3 aromatic carbocycles. The van der Waals surface area contributed by atoms with Gasteiger partial charge in [-0.25, -0.2) is 4.39 Å². The van der Waals surface area contributed by atoms with E-state index in [1.165, 1.54) is 17.7 Å². The Morgan fingerprint density at radius 1 is 0.792 bits per heavy atom. The van der Waals surface area contributed by atoms with Crippen LogP contribution in [0.15, 0.2) is 60.7 Å². The van der Waals surface area contributed by atoms with Crippen molar-refractivity contribution >= 4 is 0 Å². The Hall–Kier alpha value is -1.88. The molecule has 0 saturated carbocycles. The van der Waals surface area contributed by atoms with E-state index in [1.807, 2.05) is 24.3 Å². The Balaban J connectivity index is 0.00000208. The van der Waals surface area contributed by atoms with Crippen molar-refractivity contribution in [3.8, 4) is 22.3 Å². The van der Waals surface area contributed by atoms with Crippen LogP contribution >= 0.6 is 0 Å². The molecule has 0 spiro atoms. The number of hydrogen-bond acceptors (Lipinski definition) is 0. The smallest absolute Gasteiger partial charge is 0.281 e. The van der Waals surface area contributed by atoms with E-state index in [9.17, 15) is 8.78 Å². The van der Waals surface area contributed by atoms with Crippen LogP contribution in [0.1, 0.15) is 18.9 Å². The molecule has 0 heterocycles. The van der Waals surface area contributed by atoms with Crippen molar-refractivity contribution in [2.24, 2.45) is 0 Å². The predicted octanol–water partition coefficient (Wildman–Crippen LogP) is 3.06. The first-order valence-corrected chi connectivity index (χ1v) is 7.74. The Morgan fingerprint density at radius 3 is 1.92 bits per heavy atom. The van der Waals surface area contributed by atoms with E-state index >= 15 is 0 Å². The molecule has 0 fully saturated rings. The Bertz CT molecular complexity index is 793. The zero-order valence-electron chi connectivity index (χ0n) is 13.9. The van der Waals surface area contributed by atoms with Crippen LogP contribution < -0.4 is 18.9 Å². The summed E-state index contributed by atoms with van der Waals surface area (Å²) in [6.45, 7) is 2.16. The van der Waals surface area contributed by atoms with Gasteiger partial charge in [-0.05, 0) is 28.7 Å². The molecule has 3 heteroatoms. The average molecular weight is 314 g/mol. The van der Waals surface area contributed by atoms with Gasteiger partial charge in [0.25, 0.3) is 0 Å². The van der Waals surface area contributed by atoms with Crippen LogP contribution in [0.2, 0.25) is 0 Å². The summed E-state index contributed by atoms with van der Waals surface area (Å²) in [6, 6.07) is 21.1. The molecule has 3 rings (SSSR count). The average Bonchev–Trinajstić information content (AvgIpc) is 2.59. The molecule has 3 aromatic rings. The third-order valence-electron chi connectivity index (χ3n) is 3.91. The van der Waals surface area contributed by atoms with Gasteiger partial charge in [-0.2, -0.15) is 12.1 Å². The van der Waals surface area contributed by atoms with Crippen molar-refractivity contribution in [3.05, 3.63) is 83.9 Å². The second-order valence-electron chi connectivity index (χ2n) is 5.54. The molecule has 0 amide bonds. The minimum absolute atomic E-state index is 0. The van der Waals surface area contributed by atoms with Crippen molar-refractivity contribution in [2.75, 3.05) is 0 Å². The number of aryl methyl sites for hydroxylation is 1. The molecular weight excluding hydrogens is 297 g/mol. The van der Waals surface area contributed by atoms with Gasteiger partial charge in [-0.3, -0.25) is 4.39 Å². The van der Waals surface area contributed by atoms with Crippen molar-refractivity contribution < 1.29 is 27.6 Å². The Morgan fingerprint density at radius 2 is 1.33 bits per heavy atom. The summed E-state index contributed by atoms with van der Waals surface area (Å²) >= 11 is 0. The molecule has 0 saturated heterocycles. The van der Waals surface area contributed by atoms with Crippen LogP contribution in [0.3, 0.4) is 0 Å². The van der Waals surface area contributed by atoms with Gasteiger partial charge in [-0.15, -0.1) is 6.07 Å². The van der Waals surface area contributed by atoms with Crippen molar-refractivity contribution in [3.63, 3.8) is 0 Å². The van der Waals surface area contributed by atoms with E-state index in [2.05, 4.69) is 37.3 Å². The second kappa shape index (κ2) is 8.29. The van der Waals surface area contributed by atoms with Gasteiger partial charge in [0.1, 0.15) is 0 Å². The predicted molar refractivity (Wildman–Crippen MR) is 90.1 cm³/mol. The first kappa shape index (κ1) is 18.5. The van der Waals surface area contributed by atoms with Crippen LogP contribution in [0.4, 0.5) is 8.78 Å². The van der Waals surface area contributed by atoms with Gasteiger partial charge >= 0.3 is 18.9 Å². The van der Waals surface area contributed by atoms with Gasteiger partial charge < -0.3 is 0 Å². The fourth-order valence-corrected chi connectivity index (χ4v) is 2.67. The fourth-order valence-electron chi connectivity index (χ4n) is 2.67. The van der Waals surface area contributed by atoms with Crippen molar-refractivity contribution in [2.45, 2.75) is 19.8 Å². The molecule has 0 radical (unpaired) electrons. The molecule has 0 aliphatic heterocycles. The molecule has 0 nitrogen and oxygen atoms in total. The normalized spacial score (nSPS) is 10.3.